The lowest BCUT2D eigenvalue weighted by atomic mass is 10.2. The molecule has 28 heavy (non-hydrogen) atoms. The number of amides is 1. The molecule has 0 aliphatic carbocycles. The Morgan fingerprint density at radius 3 is 2.32 bits per heavy atom. The van der Waals surface area contributed by atoms with Gasteiger partial charge in [0.2, 0.25) is 11.7 Å². The van der Waals surface area contributed by atoms with Gasteiger partial charge in [0.15, 0.2) is 5.82 Å². The first kappa shape index (κ1) is 17.4. The van der Waals surface area contributed by atoms with Crippen molar-refractivity contribution in [3.63, 3.8) is 0 Å². The number of nitrogens with zero attached hydrogens (tertiary/aromatic N) is 4. The zero-order valence-electron chi connectivity index (χ0n) is 15.1. The molecule has 0 unspecified atom stereocenters. The molecule has 2 aromatic carbocycles. The van der Waals surface area contributed by atoms with Gasteiger partial charge < -0.3 is 10.1 Å². The highest BCUT2D eigenvalue weighted by Gasteiger charge is 2.19. The molecule has 2 aromatic heterocycles. The van der Waals surface area contributed by atoms with Gasteiger partial charge in [-0.05, 0) is 18.2 Å². The minimum atomic E-state index is -0.418. The van der Waals surface area contributed by atoms with Crippen LogP contribution in [0.5, 0.6) is 5.88 Å². The number of aromatic nitrogens is 4. The molecule has 1 amide bonds. The average molecular weight is 371 g/mol. The van der Waals surface area contributed by atoms with E-state index in [1.54, 1.807) is 16.8 Å². The molecule has 7 heteroatoms. The third-order valence-corrected chi connectivity index (χ3v) is 4.05. The van der Waals surface area contributed by atoms with Gasteiger partial charge in [-0.25, -0.2) is 14.6 Å². The number of rotatable bonds is 5. The summed E-state index contributed by atoms with van der Waals surface area (Å²) < 4.78 is 6.69. The molecule has 0 atom stereocenters. The molecule has 0 fully saturated rings. The predicted molar refractivity (Wildman–Crippen MR) is 106 cm³/mol. The molecule has 0 aliphatic rings. The highest BCUT2D eigenvalue weighted by atomic mass is 16.5. The van der Waals surface area contributed by atoms with Crippen LogP contribution in [0.25, 0.3) is 17.1 Å². The van der Waals surface area contributed by atoms with Crippen LogP contribution < -0.4 is 10.1 Å². The molecule has 0 aliphatic heterocycles. The van der Waals surface area contributed by atoms with E-state index in [1.807, 2.05) is 60.7 Å². The van der Waals surface area contributed by atoms with Gasteiger partial charge in [-0.2, -0.15) is 0 Å². The van der Waals surface area contributed by atoms with E-state index in [9.17, 15) is 4.79 Å². The highest BCUT2D eigenvalue weighted by molar-refractivity contribution is 6.01. The third kappa shape index (κ3) is 3.59. The normalized spacial score (nSPS) is 10.5. The summed E-state index contributed by atoms with van der Waals surface area (Å²) in [5.74, 6) is 0.706. The number of carbonyl (C=O) groups excluding carboxylic acids is 1. The summed E-state index contributed by atoms with van der Waals surface area (Å²) in [4.78, 5) is 21.2. The largest absolute Gasteiger partial charge is 0.481 e. The smallest absolute Gasteiger partial charge is 0.295 e. The number of pyridine rings is 1. The lowest BCUT2D eigenvalue weighted by Gasteiger charge is -2.05. The SMILES string of the molecule is COc1ccc(NC(=O)c2nc(-c3ccccc3)n(-c3ccccc3)n2)cn1. The van der Waals surface area contributed by atoms with Gasteiger partial charge in [-0.15, -0.1) is 5.10 Å². The third-order valence-electron chi connectivity index (χ3n) is 4.05. The first-order chi connectivity index (χ1) is 13.7. The number of carbonyl (C=O) groups is 1. The van der Waals surface area contributed by atoms with Gasteiger partial charge in [-0.3, -0.25) is 4.79 Å². The zero-order chi connectivity index (χ0) is 19.3. The summed E-state index contributed by atoms with van der Waals surface area (Å²) in [7, 11) is 1.53. The fourth-order valence-corrected chi connectivity index (χ4v) is 2.69. The maximum Gasteiger partial charge on any atom is 0.295 e. The second-order valence-corrected chi connectivity index (χ2v) is 5.92. The molecule has 0 radical (unpaired) electrons. The van der Waals surface area contributed by atoms with Crippen LogP contribution in [0.4, 0.5) is 5.69 Å². The van der Waals surface area contributed by atoms with E-state index in [-0.39, 0.29) is 5.82 Å². The standard InChI is InChI=1S/C21H17N5O2/c1-28-18-13-12-16(14-22-18)23-21(27)19-24-20(15-8-4-2-5-9-15)26(25-19)17-10-6-3-7-11-17/h2-14H,1H3,(H,23,27). The van der Waals surface area contributed by atoms with Gasteiger partial charge >= 0.3 is 0 Å². The number of methoxy groups -OCH3 is 1. The molecule has 4 aromatic rings. The van der Waals surface area contributed by atoms with Gasteiger partial charge in [0.05, 0.1) is 24.7 Å². The molecule has 138 valence electrons. The Kier molecular flexibility index (Phi) is 4.79. The van der Waals surface area contributed by atoms with Gasteiger partial charge in [-0.1, -0.05) is 48.5 Å². The maximum absolute atomic E-state index is 12.7. The summed E-state index contributed by atoms with van der Waals surface area (Å²) in [6, 6.07) is 22.6. The highest BCUT2D eigenvalue weighted by Crippen LogP contribution is 2.21. The first-order valence-electron chi connectivity index (χ1n) is 8.64. The fraction of sp³-hybridized carbons (Fsp3) is 0.0476. The van der Waals surface area contributed by atoms with Crippen molar-refractivity contribution in [2.75, 3.05) is 12.4 Å². The van der Waals surface area contributed by atoms with Crippen LogP contribution in [0.2, 0.25) is 0 Å². The molecule has 4 rings (SSSR count). The minimum absolute atomic E-state index is 0.0681. The maximum atomic E-state index is 12.7. The summed E-state index contributed by atoms with van der Waals surface area (Å²) >= 11 is 0. The number of benzene rings is 2. The van der Waals surface area contributed by atoms with Crippen LogP contribution in [0, 0.1) is 0 Å². The number of ether oxygens (including phenoxy) is 1. The van der Waals surface area contributed by atoms with Crippen molar-refractivity contribution >= 4 is 11.6 Å². The van der Waals surface area contributed by atoms with Crippen molar-refractivity contribution in [2.45, 2.75) is 0 Å². The molecule has 2 heterocycles. The second kappa shape index (κ2) is 7.71. The van der Waals surface area contributed by atoms with E-state index < -0.39 is 5.91 Å². The van der Waals surface area contributed by atoms with E-state index in [4.69, 9.17) is 4.74 Å². The van der Waals surface area contributed by atoms with Crippen LogP contribution in [0.3, 0.4) is 0 Å². The molecular weight excluding hydrogens is 354 g/mol. The summed E-state index contributed by atoms with van der Waals surface area (Å²) in [6.45, 7) is 0. The number of hydrogen-bond acceptors (Lipinski definition) is 5. The monoisotopic (exact) mass is 371 g/mol. The molecule has 7 nitrogen and oxygen atoms in total. The lowest BCUT2D eigenvalue weighted by Crippen LogP contribution is -2.14. The summed E-state index contributed by atoms with van der Waals surface area (Å²) in [5.41, 5.74) is 2.21. The van der Waals surface area contributed by atoms with E-state index in [0.29, 0.717) is 17.4 Å². The number of para-hydroxylation sites is 1. The quantitative estimate of drug-likeness (QED) is 0.580. The Hall–Kier alpha value is -4.00. The van der Waals surface area contributed by atoms with Crippen molar-refractivity contribution in [3.05, 3.63) is 84.8 Å². The van der Waals surface area contributed by atoms with E-state index in [0.717, 1.165) is 11.3 Å². The Morgan fingerprint density at radius 2 is 1.68 bits per heavy atom. The number of hydrogen-bond donors (Lipinski definition) is 1. The molecule has 0 bridgehead atoms. The topological polar surface area (TPSA) is 81.9 Å². The minimum Gasteiger partial charge on any atom is -0.481 e. The lowest BCUT2D eigenvalue weighted by molar-refractivity contribution is 0.101. The Labute approximate surface area is 161 Å². The Morgan fingerprint density at radius 1 is 0.964 bits per heavy atom. The molecule has 0 spiro atoms. The summed E-state index contributed by atoms with van der Waals surface area (Å²) in [6.07, 6.45) is 1.52. The van der Waals surface area contributed by atoms with E-state index >= 15 is 0 Å². The first-order valence-corrected chi connectivity index (χ1v) is 8.64. The van der Waals surface area contributed by atoms with Crippen LogP contribution >= 0.6 is 0 Å². The summed E-state index contributed by atoms with van der Waals surface area (Å²) in [5, 5.41) is 7.19. The molecular formula is C21H17N5O2. The average Bonchev–Trinajstić information content (AvgIpc) is 3.21. The van der Waals surface area contributed by atoms with Gasteiger partial charge in [0.25, 0.3) is 5.91 Å². The van der Waals surface area contributed by atoms with E-state index in [2.05, 4.69) is 20.4 Å². The second-order valence-electron chi connectivity index (χ2n) is 5.92. The number of anilines is 1. The van der Waals surface area contributed by atoms with Crippen molar-refractivity contribution in [1.82, 2.24) is 19.7 Å². The molecule has 1 N–H and O–H groups in total. The van der Waals surface area contributed by atoms with Crippen LogP contribution in [-0.4, -0.2) is 32.8 Å². The van der Waals surface area contributed by atoms with Crippen molar-refractivity contribution in [2.24, 2.45) is 0 Å². The van der Waals surface area contributed by atoms with Gasteiger partial charge in [0, 0.05) is 11.6 Å². The van der Waals surface area contributed by atoms with Crippen molar-refractivity contribution < 1.29 is 9.53 Å². The molecule has 0 saturated heterocycles. The van der Waals surface area contributed by atoms with Crippen molar-refractivity contribution in [3.8, 4) is 23.0 Å². The van der Waals surface area contributed by atoms with Crippen LogP contribution in [0.15, 0.2) is 79.0 Å². The van der Waals surface area contributed by atoms with E-state index in [1.165, 1.54) is 13.3 Å². The Balaban J connectivity index is 1.69. The fourth-order valence-electron chi connectivity index (χ4n) is 2.69. The van der Waals surface area contributed by atoms with Gasteiger partial charge in [0.1, 0.15) is 0 Å². The Bertz CT molecular complexity index is 1020. The van der Waals surface area contributed by atoms with Crippen molar-refractivity contribution in [1.29, 1.82) is 0 Å². The number of nitrogens with one attached hydrogen (secondary N) is 1. The van der Waals surface area contributed by atoms with Crippen LogP contribution in [0.1, 0.15) is 10.6 Å². The molecule has 0 saturated carbocycles. The predicted octanol–water partition coefficient (Wildman–Crippen LogP) is 3.59. The van der Waals surface area contributed by atoms with Crippen LogP contribution in [-0.2, 0) is 0 Å². The zero-order valence-corrected chi connectivity index (χ0v) is 15.1.